The first kappa shape index (κ1) is 17.4. The molecule has 0 bridgehead atoms. The number of carboxylic acid groups (broad SMARTS) is 1. The molecule has 118 valence electrons. The maximum atomic E-state index is 12.0. The minimum absolute atomic E-state index is 0.263. The lowest BCUT2D eigenvalue weighted by molar-refractivity contribution is -0.142. The Hall–Kier alpha value is -0.700. The first-order valence-electron chi connectivity index (χ1n) is 7.02. The number of nitrogens with zero attached hydrogens (tertiary/aromatic N) is 1. The minimum atomic E-state index is -3.49. The third-order valence-electron chi connectivity index (χ3n) is 3.24. The van der Waals surface area contributed by atoms with Crippen molar-refractivity contribution in [3.05, 3.63) is 0 Å². The monoisotopic (exact) mass is 308 g/mol. The van der Waals surface area contributed by atoms with Crippen molar-refractivity contribution in [2.45, 2.75) is 32.6 Å². The molecule has 20 heavy (non-hydrogen) atoms. The molecule has 7 nitrogen and oxygen atoms in total. The van der Waals surface area contributed by atoms with Crippen LogP contribution in [0.4, 0.5) is 0 Å². The van der Waals surface area contributed by atoms with E-state index in [2.05, 4.69) is 4.72 Å². The molecule has 0 atom stereocenters. The Balaban J connectivity index is 2.26. The molecule has 1 aliphatic heterocycles. The Labute approximate surface area is 120 Å². The number of piperidine rings is 1. The molecule has 1 rings (SSSR count). The fraction of sp³-hybridized carbons (Fsp3) is 0.917. The van der Waals surface area contributed by atoms with Crippen LogP contribution in [-0.2, 0) is 19.7 Å². The molecule has 1 aliphatic rings. The highest BCUT2D eigenvalue weighted by atomic mass is 32.2. The lowest BCUT2D eigenvalue weighted by Crippen LogP contribution is -2.46. The van der Waals surface area contributed by atoms with Crippen molar-refractivity contribution in [2.24, 2.45) is 5.92 Å². The van der Waals surface area contributed by atoms with Crippen LogP contribution in [0.15, 0.2) is 0 Å². The smallest absolute Gasteiger partial charge is 0.306 e. The predicted octanol–water partition coefficient (Wildman–Crippen LogP) is 0.434. The van der Waals surface area contributed by atoms with Crippen molar-refractivity contribution >= 4 is 16.2 Å². The maximum Gasteiger partial charge on any atom is 0.306 e. The van der Waals surface area contributed by atoms with Crippen LogP contribution >= 0.6 is 0 Å². The van der Waals surface area contributed by atoms with E-state index < -0.39 is 22.1 Å². The van der Waals surface area contributed by atoms with Gasteiger partial charge in [0, 0.05) is 32.8 Å². The molecule has 0 radical (unpaired) electrons. The SMILES string of the molecule is CCCOCCCNS(=O)(=O)N1CCC(C(=O)O)CC1. The molecular weight excluding hydrogens is 284 g/mol. The summed E-state index contributed by atoms with van der Waals surface area (Å²) in [6, 6.07) is 0. The van der Waals surface area contributed by atoms with E-state index in [4.69, 9.17) is 9.84 Å². The summed E-state index contributed by atoms with van der Waals surface area (Å²) < 4.78 is 33.1. The van der Waals surface area contributed by atoms with Crippen LogP contribution < -0.4 is 4.72 Å². The Morgan fingerprint density at radius 2 is 2.00 bits per heavy atom. The molecule has 0 aromatic carbocycles. The summed E-state index contributed by atoms with van der Waals surface area (Å²) in [7, 11) is -3.49. The first-order chi connectivity index (χ1) is 9.47. The van der Waals surface area contributed by atoms with Crippen molar-refractivity contribution in [3.63, 3.8) is 0 Å². The van der Waals surface area contributed by atoms with Gasteiger partial charge < -0.3 is 9.84 Å². The zero-order valence-corrected chi connectivity index (χ0v) is 12.7. The fourth-order valence-electron chi connectivity index (χ4n) is 2.06. The van der Waals surface area contributed by atoms with Crippen LogP contribution in [0.5, 0.6) is 0 Å². The number of carbonyl (C=O) groups is 1. The second kappa shape index (κ2) is 8.56. The number of ether oxygens (including phenoxy) is 1. The minimum Gasteiger partial charge on any atom is -0.481 e. The normalized spacial score (nSPS) is 18.2. The van der Waals surface area contributed by atoms with Gasteiger partial charge in [-0.3, -0.25) is 4.79 Å². The lowest BCUT2D eigenvalue weighted by atomic mass is 9.99. The number of carboxylic acids is 1. The van der Waals surface area contributed by atoms with E-state index in [0.29, 0.717) is 39.0 Å². The first-order valence-corrected chi connectivity index (χ1v) is 8.46. The molecule has 0 aromatic rings. The van der Waals surface area contributed by atoms with Crippen LogP contribution in [0.2, 0.25) is 0 Å². The summed E-state index contributed by atoms with van der Waals surface area (Å²) >= 11 is 0. The molecule has 2 N–H and O–H groups in total. The van der Waals surface area contributed by atoms with Gasteiger partial charge in [0.25, 0.3) is 10.2 Å². The molecule has 1 fully saturated rings. The molecule has 1 heterocycles. The third-order valence-corrected chi connectivity index (χ3v) is 4.86. The van der Waals surface area contributed by atoms with Gasteiger partial charge in [0.05, 0.1) is 5.92 Å². The van der Waals surface area contributed by atoms with Crippen molar-refractivity contribution in [3.8, 4) is 0 Å². The number of nitrogens with one attached hydrogen (secondary N) is 1. The quantitative estimate of drug-likeness (QED) is 0.602. The van der Waals surface area contributed by atoms with Crippen molar-refractivity contribution in [1.29, 1.82) is 0 Å². The van der Waals surface area contributed by atoms with Gasteiger partial charge in [-0.25, -0.2) is 4.72 Å². The summed E-state index contributed by atoms with van der Waals surface area (Å²) in [5, 5.41) is 8.87. The van der Waals surface area contributed by atoms with Crippen LogP contribution in [0.3, 0.4) is 0 Å². The number of rotatable bonds is 9. The number of hydrogen-bond acceptors (Lipinski definition) is 4. The van der Waals surface area contributed by atoms with Crippen LogP contribution in [0.25, 0.3) is 0 Å². The van der Waals surface area contributed by atoms with Crippen LogP contribution in [0, 0.1) is 5.92 Å². The Kier molecular flexibility index (Phi) is 7.42. The van der Waals surface area contributed by atoms with E-state index in [0.717, 1.165) is 6.42 Å². The molecule has 8 heteroatoms. The van der Waals surface area contributed by atoms with Gasteiger partial charge >= 0.3 is 5.97 Å². The average molecular weight is 308 g/mol. The van der Waals surface area contributed by atoms with E-state index >= 15 is 0 Å². The van der Waals surface area contributed by atoms with Gasteiger partial charge in [0.2, 0.25) is 0 Å². The van der Waals surface area contributed by atoms with Gasteiger partial charge in [-0.15, -0.1) is 0 Å². The average Bonchev–Trinajstić information content (AvgIpc) is 2.43. The summed E-state index contributed by atoms with van der Waals surface area (Å²) in [5.41, 5.74) is 0. The van der Waals surface area contributed by atoms with E-state index in [-0.39, 0.29) is 13.1 Å². The van der Waals surface area contributed by atoms with Gasteiger partial charge in [-0.1, -0.05) is 6.92 Å². The summed E-state index contributed by atoms with van der Waals surface area (Å²) in [6.45, 7) is 4.11. The number of hydrogen-bond donors (Lipinski definition) is 2. The topological polar surface area (TPSA) is 95.9 Å². The molecule has 0 unspecified atom stereocenters. The van der Waals surface area contributed by atoms with Crippen LogP contribution in [0.1, 0.15) is 32.6 Å². The molecule has 0 spiro atoms. The Morgan fingerprint density at radius 3 is 2.55 bits per heavy atom. The summed E-state index contributed by atoms with van der Waals surface area (Å²) in [6.07, 6.45) is 2.32. The number of aliphatic carboxylic acids is 1. The zero-order chi connectivity index (χ0) is 15.0. The summed E-state index contributed by atoms with van der Waals surface area (Å²) in [4.78, 5) is 10.8. The zero-order valence-electron chi connectivity index (χ0n) is 11.9. The van der Waals surface area contributed by atoms with E-state index in [1.807, 2.05) is 6.92 Å². The molecule has 0 aromatic heterocycles. The highest BCUT2D eigenvalue weighted by Crippen LogP contribution is 2.18. The van der Waals surface area contributed by atoms with Gasteiger partial charge in [0.15, 0.2) is 0 Å². The third kappa shape index (κ3) is 5.74. The van der Waals surface area contributed by atoms with E-state index in [1.165, 1.54) is 4.31 Å². The molecule has 0 aliphatic carbocycles. The predicted molar refractivity (Wildman–Crippen MR) is 74.6 cm³/mol. The maximum absolute atomic E-state index is 12.0. The van der Waals surface area contributed by atoms with Crippen LogP contribution in [-0.4, -0.2) is 56.6 Å². The Morgan fingerprint density at radius 1 is 1.35 bits per heavy atom. The second-order valence-electron chi connectivity index (χ2n) is 4.88. The van der Waals surface area contributed by atoms with E-state index in [9.17, 15) is 13.2 Å². The molecule has 0 saturated carbocycles. The highest BCUT2D eigenvalue weighted by Gasteiger charge is 2.30. The standard InChI is InChI=1S/C12H24N2O5S/c1-2-9-19-10-3-6-13-20(17,18)14-7-4-11(5-8-14)12(15)16/h11,13H,2-10H2,1H3,(H,15,16). The fourth-order valence-corrected chi connectivity index (χ4v) is 3.33. The van der Waals surface area contributed by atoms with Gasteiger partial charge in [-0.05, 0) is 25.7 Å². The Bertz CT molecular complexity index is 391. The van der Waals surface area contributed by atoms with Crippen molar-refractivity contribution < 1.29 is 23.1 Å². The van der Waals surface area contributed by atoms with Crippen molar-refractivity contribution in [1.82, 2.24) is 9.03 Å². The molecule has 0 amide bonds. The van der Waals surface area contributed by atoms with Crippen molar-refractivity contribution in [2.75, 3.05) is 32.8 Å². The lowest BCUT2D eigenvalue weighted by Gasteiger charge is -2.29. The van der Waals surface area contributed by atoms with Gasteiger partial charge in [-0.2, -0.15) is 12.7 Å². The summed E-state index contributed by atoms with van der Waals surface area (Å²) in [5.74, 6) is -1.27. The van der Waals surface area contributed by atoms with Gasteiger partial charge in [0.1, 0.15) is 0 Å². The van der Waals surface area contributed by atoms with E-state index in [1.54, 1.807) is 0 Å². The highest BCUT2D eigenvalue weighted by molar-refractivity contribution is 7.87. The molecule has 1 saturated heterocycles. The second-order valence-corrected chi connectivity index (χ2v) is 6.63. The largest absolute Gasteiger partial charge is 0.481 e. The molecular formula is C12H24N2O5S.